The molecule has 2 amide bonds. The summed E-state index contributed by atoms with van der Waals surface area (Å²) in [5, 5.41) is 12.5. The summed E-state index contributed by atoms with van der Waals surface area (Å²) in [5.74, 6) is -0.824. The second kappa shape index (κ2) is 9.58. The fraction of sp³-hybridized carbons (Fsp3) is 0.632. The lowest BCUT2D eigenvalue weighted by molar-refractivity contribution is -0.133. The number of amides is 2. The summed E-state index contributed by atoms with van der Waals surface area (Å²) in [6.07, 6.45) is 14.1. The Balaban J connectivity index is 1.62. The summed E-state index contributed by atoms with van der Waals surface area (Å²) in [6, 6.07) is 0.686. The van der Waals surface area contributed by atoms with Crippen LogP contribution in [0.15, 0.2) is 27.1 Å². The number of carboxylic acids is 1. The predicted molar refractivity (Wildman–Crippen MR) is 107 cm³/mol. The second-order valence-corrected chi connectivity index (χ2v) is 9.31. The zero-order chi connectivity index (χ0) is 18.4. The van der Waals surface area contributed by atoms with Gasteiger partial charge in [0.1, 0.15) is 5.03 Å². The number of hydrogen-bond donors (Lipinski definition) is 2. The summed E-state index contributed by atoms with van der Waals surface area (Å²) < 4.78 is 0.867. The molecule has 2 saturated carbocycles. The maximum Gasteiger partial charge on any atom is 0.323 e. The maximum atomic E-state index is 13.1. The molecular weight excluding hydrogens is 368 g/mol. The summed E-state index contributed by atoms with van der Waals surface area (Å²) in [6.45, 7) is 0. The number of nitrogens with one attached hydrogen (secondary N) is 1. The predicted octanol–water partition coefficient (Wildman–Crippen LogP) is 4.68. The molecule has 2 fully saturated rings. The summed E-state index contributed by atoms with van der Waals surface area (Å²) in [4.78, 5) is 25.9. The lowest BCUT2D eigenvalue weighted by Crippen LogP contribution is -2.51. The van der Waals surface area contributed by atoms with E-state index in [1.807, 2.05) is 6.08 Å². The molecule has 2 aliphatic carbocycles. The third-order valence-corrected chi connectivity index (χ3v) is 7.29. The number of aliphatic carboxylic acids is 1. The fourth-order valence-corrected chi connectivity index (χ4v) is 5.65. The van der Waals surface area contributed by atoms with Crippen LogP contribution in [0.3, 0.4) is 0 Å². The SMILES string of the molecule is O=C(O)CSC1=CC=C=C(NC(=O)N(C2CCCCC2)C2CCCC2)S1. The molecule has 1 aliphatic heterocycles. The van der Waals surface area contributed by atoms with E-state index in [-0.39, 0.29) is 11.8 Å². The van der Waals surface area contributed by atoms with Crippen LogP contribution in [0.2, 0.25) is 0 Å². The van der Waals surface area contributed by atoms with E-state index in [4.69, 9.17) is 5.11 Å². The second-order valence-electron chi connectivity index (χ2n) is 6.98. The summed E-state index contributed by atoms with van der Waals surface area (Å²) in [7, 11) is 0. The Labute approximate surface area is 163 Å². The highest BCUT2D eigenvalue weighted by Gasteiger charge is 2.33. The van der Waals surface area contributed by atoms with E-state index < -0.39 is 5.97 Å². The van der Waals surface area contributed by atoms with Gasteiger partial charge in [0, 0.05) is 16.3 Å². The Hall–Kier alpha value is -1.30. The van der Waals surface area contributed by atoms with Crippen molar-refractivity contribution in [1.82, 2.24) is 10.2 Å². The van der Waals surface area contributed by atoms with E-state index >= 15 is 0 Å². The number of carbonyl (C=O) groups excluding carboxylic acids is 1. The monoisotopic (exact) mass is 394 g/mol. The molecule has 2 N–H and O–H groups in total. The van der Waals surface area contributed by atoms with Gasteiger partial charge >= 0.3 is 12.0 Å². The van der Waals surface area contributed by atoms with Crippen molar-refractivity contribution in [1.29, 1.82) is 0 Å². The first-order valence-corrected chi connectivity index (χ1v) is 11.2. The van der Waals surface area contributed by atoms with Gasteiger partial charge in [-0.05, 0) is 37.8 Å². The number of allylic oxidation sites excluding steroid dienone is 2. The van der Waals surface area contributed by atoms with E-state index in [2.05, 4.69) is 15.9 Å². The number of urea groups is 1. The molecule has 0 saturated heterocycles. The molecule has 0 aromatic carbocycles. The largest absolute Gasteiger partial charge is 0.481 e. The Morgan fingerprint density at radius 2 is 1.77 bits per heavy atom. The van der Waals surface area contributed by atoms with Crippen LogP contribution >= 0.6 is 23.5 Å². The van der Waals surface area contributed by atoms with Crippen LogP contribution in [0.1, 0.15) is 57.8 Å². The van der Waals surface area contributed by atoms with Crippen LogP contribution in [0.25, 0.3) is 0 Å². The van der Waals surface area contributed by atoms with Crippen LogP contribution < -0.4 is 5.32 Å². The molecule has 1 heterocycles. The first kappa shape index (κ1) is 19.5. The minimum atomic E-state index is -0.842. The lowest BCUT2D eigenvalue weighted by atomic mass is 9.93. The number of rotatable bonds is 6. The zero-order valence-electron chi connectivity index (χ0n) is 14.9. The lowest BCUT2D eigenvalue weighted by Gasteiger charge is -2.38. The minimum Gasteiger partial charge on any atom is -0.481 e. The van der Waals surface area contributed by atoms with Gasteiger partial charge in [-0.25, -0.2) is 4.79 Å². The van der Waals surface area contributed by atoms with Crippen molar-refractivity contribution in [3.05, 3.63) is 27.1 Å². The van der Waals surface area contributed by atoms with Crippen molar-refractivity contribution in [2.45, 2.75) is 69.9 Å². The highest BCUT2D eigenvalue weighted by Crippen LogP contribution is 2.36. The normalized spacial score (nSPS) is 21.2. The zero-order valence-corrected chi connectivity index (χ0v) is 16.5. The molecule has 0 atom stereocenters. The third kappa shape index (κ3) is 5.35. The van der Waals surface area contributed by atoms with E-state index in [0.29, 0.717) is 17.1 Å². The summed E-state index contributed by atoms with van der Waals surface area (Å²) in [5.41, 5.74) is 3.07. The van der Waals surface area contributed by atoms with Crippen molar-refractivity contribution in [2.75, 3.05) is 5.75 Å². The maximum absolute atomic E-state index is 13.1. The topological polar surface area (TPSA) is 69.6 Å². The Morgan fingerprint density at radius 1 is 1.15 bits per heavy atom. The van der Waals surface area contributed by atoms with E-state index in [0.717, 1.165) is 29.9 Å². The van der Waals surface area contributed by atoms with Gasteiger partial charge in [-0.15, -0.1) is 11.8 Å². The number of carboxylic acid groups (broad SMARTS) is 1. The van der Waals surface area contributed by atoms with Crippen molar-refractivity contribution in [2.24, 2.45) is 0 Å². The molecule has 7 heteroatoms. The van der Waals surface area contributed by atoms with Crippen LogP contribution in [-0.2, 0) is 4.79 Å². The molecule has 3 aliphatic rings. The molecule has 26 heavy (non-hydrogen) atoms. The molecular formula is C19H26N2O3S2. The van der Waals surface area contributed by atoms with Crippen LogP contribution in [0.4, 0.5) is 4.79 Å². The van der Waals surface area contributed by atoms with E-state index in [1.165, 1.54) is 55.6 Å². The molecule has 0 bridgehead atoms. The number of carbonyl (C=O) groups is 2. The van der Waals surface area contributed by atoms with Gasteiger partial charge in [-0.2, -0.15) is 0 Å². The Kier molecular flexibility index (Phi) is 7.17. The highest BCUT2D eigenvalue weighted by atomic mass is 32.2. The van der Waals surface area contributed by atoms with Gasteiger partial charge in [0.2, 0.25) is 0 Å². The molecule has 0 aromatic rings. The molecule has 5 nitrogen and oxygen atoms in total. The molecule has 0 spiro atoms. The van der Waals surface area contributed by atoms with Crippen molar-refractivity contribution >= 4 is 35.5 Å². The molecule has 0 aromatic heterocycles. The number of hydrogen-bond acceptors (Lipinski definition) is 4. The van der Waals surface area contributed by atoms with E-state index in [9.17, 15) is 9.59 Å². The fourth-order valence-electron chi connectivity index (χ4n) is 3.95. The molecule has 3 rings (SSSR count). The smallest absolute Gasteiger partial charge is 0.323 e. The third-order valence-electron chi connectivity index (χ3n) is 5.12. The average molecular weight is 395 g/mol. The molecule has 142 valence electrons. The number of thioether (sulfide) groups is 2. The van der Waals surface area contributed by atoms with Crippen molar-refractivity contribution < 1.29 is 14.7 Å². The van der Waals surface area contributed by atoms with Gasteiger partial charge in [0.05, 0.1) is 5.75 Å². The first-order valence-electron chi connectivity index (χ1n) is 9.42. The van der Waals surface area contributed by atoms with Crippen LogP contribution in [0, 0.1) is 0 Å². The van der Waals surface area contributed by atoms with Crippen molar-refractivity contribution in [3.63, 3.8) is 0 Å². The first-order chi connectivity index (χ1) is 12.6. The minimum absolute atomic E-state index is 0.0170. The quantitative estimate of drug-likeness (QED) is 0.640. The van der Waals surface area contributed by atoms with Crippen LogP contribution in [-0.4, -0.2) is 39.8 Å². The number of nitrogens with zero attached hydrogens (tertiary/aromatic N) is 1. The van der Waals surface area contributed by atoms with Crippen LogP contribution in [0.5, 0.6) is 0 Å². The van der Waals surface area contributed by atoms with Crippen molar-refractivity contribution in [3.8, 4) is 0 Å². The molecule has 0 unspecified atom stereocenters. The van der Waals surface area contributed by atoms with Gasteiger partial charge < -0.3 is 10.0 Å². The van der Waals surface area contributed by atoms with Gasteiger partial charge in [-0.1, -0.05) is 49.6 Å². The summed E-state index contributed by atoms with van der Waals surface area (Å²) >= 11 is 2.65. The Bertz CT molecular complexity index is 629. The molecule has 0 radical (unpaired) electrons. The van der Waals surface area contributed by atoms with Gasteiger partial charge in [0.15, 0.2) is 0 Å². The van der Waals surface area contributed by atoms with Gasteiger partial charge in [0.25, 0.3) is 0 Å². The highest BCUT2D eigenvalue weighted by molar-refractivity contribution is 8.24. The van der Waals surface area contributed by atoms with E-state index in [1.54, 1.807) is 6.08 Å². The van der Waals surface area contributed by atoms with Gasteiger partial charge in [-0.3, -0.25) is 10.1 Å². The average Bonchev–Trinajstić information content (AvgIpc) is 3.15. The Morgan fingerprint density at radius 3 is 2.38 bits per heavy atom. The standard InChI is InChI=1S/C19H26N2O3S2/c22-17(23)13-25-18-12-6-11-16(26-18)20-19(24)21(15-9-4-5-10-15)14-7-2-1-3-8-14/h6,12,14-15H,1-5,7-10,13H2,(H,20,24)(H,22,23).